The van der Waals surface area contributed by atoms with Crippen LogP contribution < -0.4 is 9.47 Å². The molecule has 1 aromatic rings. The third-order valence-electron chi connectivity index (χ3n) is 1.91. The summed E-state index contributed by atoms with van der Waals surface area (Å²) < 4.78 is 10.9. The maximum atomic E-state index is 5.47. The molecule has 0 heterocycles. The highest BCUT2D eigenvalue weighted by Crippen LogP contribution is 2.24. The van der Waals surface area contributed by atoms with Gasteiger partial charge in [-0.1, -0.05) is 0 Å². The van der Waals surface area contributed by atoms with Crippen LogP contribution in [0.4, 0.5) is 0 Å². The van der Waals surface area contributed by atoms with Crippen LogP contribution in [0.2, 0.25) is 0 Å². The predicted molar refractivity (Wildman–Crippen MR) is 57.8 cm³/mol. The first kappa shape index (κ1) is 10.9. The first-order valence-electron chi connectivity index (χ1n) is 4.99. The summed E-state index contributed by atoms with van der Waals surface area (Å²) in [6.07, 6.45) is 0.718. The molecule has 0 aliphatic carbocycles. The highest BCUT2D eigenvalue weighted by Gasteiger charge is 2.03. The second kappa shape index (κ2) is 5.53. The topological polar surface area (TPSA) is 18.5 Å². The third kappa shape index (κ3) is 2.66. The molecular weight excluding hydrogens is 176 g/mol. The Morgan fingerprint density at radius 1 is 1.14 bits per heavy atom. The van der Waals surface area contributed by atoms with Crippen LogP contribution in [0, 0.1) is 6.92 Å². The lowest BCUT2D eigenvalue weighted by Gasteiger charge is -2.10. The molecule has 0 fully saturated rings. The molecule has 77 valence electrons. The zero-order valence-corrected chi connectivity index (χ0v) is 8.88. The SMILES string of the molecule is [CH2]Cc1cc(OCC)ccc1OCC. The molecule has 0 N–H and O–H groups in total. The molecular formula is C12H17O2. The fourth-order valence-corrected chi connectivity index (χ4v) is 1.30. The Kier molecular flexibility index (Phi) is 4.30. The highest BCUT2D eigenvalue weighted by molar-refractivity contribution is 5.40. The van der Waals surface area contributed by atoms with Crippen molar-refractivity contribution in [3.8, 4) is 11.5 Å². The molecule has 0 amide bonds. The number of ether oxygens (including phenoxy) is 2. The standard InChI is InChI=1S/C12H17O2/c1-4-10-9-11(13-5-2)7-8-12(10)14-6-3/h7-9H,1,4-6H2,2-3H3. The van der Waals surface area contributed by atoms with E-state index in [1.165, 1.54) is 0 Å². The van der Waals surface area contributed by atoms with E-state index in [1.807, 2.05) is 32.0 Å². The largest absolute Gasteiger partial charge is 0.494 e. The van der Waals surface area contributed by atoms with Crippen molar-refractivity contribution in [3.05, 3.63) is 30.7 Å². The molecule has 14 heavy (non-hydrogen) atoms. The van der Waals surface area contributed by atoms with E-state index >= 15 is 0 Å². The van der Waals surface area contributed by atoms with Gasteiger partial charge in [0, 0.05) is 0 Å². The fourth-order valence-electron chi connectivity index (χ4n) is 1.30. The lowest BCUT2D eigenvalue weighted by Crippen LogP contribution is -1.98. The average molecular weight is 193 g/mol. The van der Waals surface area contributed by atoms with E-state index in [0.29, 0.717) is 13.2 Å². The number of hydrogen-bond acceptors (Lipinski definition) is 2. The second-order valence-corrected chi connectivity index (χ2v) is 2.89. The monoisotopic (exact) mass is 193 g/mol. The van der Waals surface area contributed by atoms with Crippen molar-refractivity contribution in [3.63, 3.8) is 0 Å². The van der Waals surface area contributed by atoms with Gasteiger partial charge < -0.3 is 9.47 Å². The minimum Gasteiger partial charge on any atom is -0.494 e. The van der Waals surface area contributed by atoms with Gasteiger partial charge in [-0.15, -0.1) is 0 Å². The van der Waals surface area contributed by atoms with Crippen LogP contribution in [-0.4, -0.2) is 13.2 Å². The molecule has 0 aliphatic heterocycles. The summed E-state index contributed by atoms with van der Waals surface area (Å²) in [4.78, 5) is 0. The van der Waals surface area contributed by atoms with Crippen molar-refractivity contribution < 1.29 is 9.47 Å². The van der Waals surface area contributed by atoms with Gasteiger partial charge in [0.2, 0.25) is 0 Å². The van der Waals surface area contributed by atoms with Gasteiger partial charge in [-0.05, 0) is 51.0 Å². The van der Waals surface area contributed by atoms with Crippen molar-refractivity contribution in [2.45, 2.75) is 20.3 Å². The molecule has 0 atom stereocenters. The quantitative estimate of drug-likeness (QED) is 0.716. The maximum absolute atomic E-state index is 5.47. The van der Waals surface area contributed by atoms with Crippen molar-refractivity contribution >= 4 is 0 Å². The minimum absolute atomic E-state index is 0.682. The second-order valence-electron chi connectivity index (χ2n) is 2.89. The van der Waals surface area contributed by atoms with Crippen LogP contribution in [-0.2, 0) is 6.42 Å². The van der Waals surface area contributed by atoms with Crippen LogP contribution in [0.5, 0.6) is 11.5 Å². The van der Waals surface area contributed by atoms with E-state index in [0.717, 1.165) is 23.5 Å². The molecule has 1 aromatic carbocycles. The van der Waals surface area contributed by atoms with Gasteiger partial charge in [-0.3, -0.25) is 0 Å². The number of benzene rings is 1. The molecule has 0 saturated carbocycles. The molecule has 0 aliphatic rings. The molecule has 0 bridgehead atoms. The molecule has 2 heteroatoms. The lowest BCUT2D eigenvalue weighted by atomic mass is 10.1. The highest BCUT2D eigenvalue weighted by atomic mass is 16.5. The van der Waals surface area contributed by atoms with Gasteiger partial charge >= 0.3 is 0 Å². The average Bonchev–Trinajstić information content (AvgIpc) is 2.21. The van der Waals surface area contributed by atoms with Gasteiger partial charge in [0.1, 0.15) is 11.5 Å². The van der Waals surface area contributed by atoms with E-state index in [1.54, 1.807) is 0 Å². The van der Waals surface area contributed by atoms with Crippen molar-refractivity contribution in [2.75, 3.05) is 13.2 Å². The molecule has 0 saturated heterocycles. The van der Waals surface area contributed by atoms with E-state index in [9.17, 15) is 0 Å². The summed E-state index contributed by atoms with van der Waals surface area (Å²) in [5.74, 6) is 1.79. The van der Waals surface area contributed by atoms with Gasteiger partial charge in [-0.2, -0.15) is 0 Å². The lowest BCUT2D eigenvalue weighted by molar-refractivity contribution is 0.328. The van der Waals surface area contributed by atoms with Crippen LogP contribution in [0.15, 0.2) is 18.2 Å². The molecule has 2 nitrogen and oxygen atoms in total. The predicted octanol–water partition coefficient (Wildman–Crippen LogP) is 2.86. The minimum atomic E-state index is 0.682. The van der Waals surface area contributed by atoms with Crippen molar-refractivity contribution in [1.82, 2.24) is 0 Å². The number of hydrogen-bond donors (Lipinski definition) is 0. The summed E-state index contributed by atoms with van der Waals surface area (Å²) in [6.45, 7) is 9.18. The van der Waals surface area contributed by atoms with Crippen LogP contribution in [0.3, 0.4) is 0 Å². The van der Waals surface area contributed by atoms with Crippen molar-refractivity contribution in [2.24, 2.45) is 0 Å². The maximum Gasteiger partial charge on any atom is 0.122 e. The van der Waals surface area contributed by atoms with E-state index in [-0.39, 0.29) is 0 Å². The van der Waals surface area contributed by atoms with Crippen LogP contribution in [0.1, 0.15) is 19.4 Å². The molecule has 0 unspecified atom stereocenters. The Labute approximate surface area is 85.8 Å². The van der Waals surface area contributed by atoms with Crippen LogP contribution in [0.25, 0.3) is 0 Å². The van der Waals surface area contributed by atoms with E-state index in [4.69, 9.17) is 9.47 Å². The first-order chi connectivity index (χ1) is 6.81. The van der Waals surface area contributed by atoms with Gasteiger partial charge in [-0.25, -0.2) is 0 Å². The van der Waals surface area contributed by atoms with E-state index < -0.39 is 0 Å². The van der Waals surface area contributed by atoms with Crippen LogP contribution >= 0.6 is 0 Å². The van der Waals surface area contributed by atoms with Gasteiger partial charge in [0.25, 0.3) is 0 Å². The third-order valence-corrected chi connectivity index (χ3v) is 1.91. The Balaban J connectivity index is 2.87. The summed E-state index contributed by atoms with van der Waals surface area (Å²) in [5.41, 5.74) is 1.10. The Bertz CT molecular complexity index is 282. The van der Waals surface area contributed by atoms with Gasteiger partial charge in [0.15, 0.2) is 0 Å². The molecule has 1 rings (SSSR count). The zero-order chi connectivity index (χ0) is 10.4. The van der Waals surface area contributed by atoms with Crippen molar-refractivity contribution in [1.29, 1.82) is 0 Å². The Hall–Kier alpha value is -1.18. The first-order valence-corrected chi connectivity index (χ1v) is 4.99. The van der Waals surface area contributed by atoms with E-state index in [2.05, 4.69) is 6.92 Å². The smallest absolute Gasteiger partial charge is 0.122 e. The summed E-state index contributed by atoms with van der Waals surface area (Å²) in [6, 6.07) is 5.85. The fraction of sp³-hybridized carbons (Fsp3) is 0.417. The number of rotatable bonds is 5. The summed E-state index contributed by atoms with van der Waals surface area (Å²) >= 11 is 0. The molecule has 0 spiro atoms. The Morgan fingerprint density at radius 3 is 2.43 bits per heavy atom. The zero-order valence-electron chi connectivity index (χ0n) is 8.88. The normalized spacial score (nSPS) is 9.93. The Morgan fingerprint density at radius 2 is 1.86 bits per heavy atom. The summed E-state index contributed by atoms with van der Waals surface area (Å²) in [7, 11) is 0. The van der Waals surface area contributed by atoms with Gasteiger partial charge in [0.05, 0.1) is 13.2 Å². The summed E-state index contributed by atoms with van der Waals surface area (Å²) in [5, 5.41) is 0. The molecule has 0 aromatic heterocycles. The molecule has 1 radical (unpaired) electrons.